The summed E-state index contributed by atoms with van der Waals surface area (Å²) in [5, 5.41) is 10.2. The predicted molar refractivity (Wildman–Crippen MR) is 137 cm³/mol. The molecule has 6 heterocycles. The highest BCUT2D eigenvalue weighted by Gasteiger charge is 2.22. The molecule has 0 saturated heterocycles. The number of rotatable bonds is 5. The lowest BCUT2D eigenvalue weighted by Gasteiger charge is -2.09. The molecule has 37 heavy (non-hydrogen) atoms. The van der Waals surface area contributed by atoms with Crippen LogP contribution in [0.3, 0.4) is 0 Å². The maximum atomic E-state index is 16.0. The molecule has 0 radical (unpaired) electrons. The average molecular weight is 494 g/mol. The number of carbonyl (C=O) groups is 1. The molecule has 182 valence electrons. The monoisotopic (exact) mass is 493 g/mol. The van der Waals surface area contributed by atoms with Crippen molar-refractivity contribution in [2.24, 2.45) is 5.92 Å². The molecule has 0 unspecified atom stereocenters. The normalized spacial score (nSPS) is 11.5. The van der Waals surface area contributed by atoms with Crippen LogP contribution in [0.4, 0.5) is 10.1 Å². The maximum absolute atomic E-state index is 16.0. The third kappa shape index (κ3) is 3.96. The second kappa shape index (κ2) is 8.86. The third-order valence-corrected chi connectivity index (χ3v) is 5.93. The number of carbonyl (C=O) groups excluding carboxylic acids is 1. The summed E-state index contributed by atoms with van der Waals surface area (Å²) in [5.41, 5.74) is 4.59. The number of halogens is 1. The van der Waals surface area contributed by atoms with Crippen LogP contribution in [0, 0.1) is 11.7 Å². The Morgan fingerprint density at radius 3 is 2.57 bits per heavy atom. The van der Waals surface area contributed by atoms with Gasteiger partial charge in [-0.3, -0.25) is 29.8 Å². The molecule has 11 heteroatoms. The summed E-state index contributed by atoms with van der Waals surface area (Å²) in [7, 11) is 0. The Hall–Kier alpha value is -5.06. The Labute approximate surface area is 209 Å². The minimum absolute atomic E-state index is 0.0820. The van der Waals surface area contributed by atoms with Gasteiger partial charge in [0, 0.05) is 41.8 Å². The van der Waals surface area contributed by atoms with Gasteiger partial charge in [0.25, 0.3) is 0 Å². The van der Waals surface area contributed by atoms with Crippen molar-refractivity contribution < 1.29 is 9.18 Å². The summed E-state index contributed by atoms with van der Waals surface area (Å²) in [6.45, 7) is 3.58. The smallest absolute Gasteiger partial charge is 0.226 e. The third-order valence-electron chi connectivity index (χ3n) is 5.93. The number of aromatic amines is 2. The van der Waals surface area contributed by atoms with Crippen molar-refractivity contribution >= 4 is 33.5 Å². The van der Waals surface area contributed by atoms with Gasteiger partial charge in [-0.25, -0.2) is 9.37 Å². The number of fused-ring (bicyclic) bond motifs is 2. The zero-order valence-corrected chi connectivity index (χ0v) is 19.8. The van der Waals surface area contributed by atoms with E-state index in [0.29, 0.717) is 39.5 Å². The first-order chi connectivity index (χ1) is 18.0. The van der Waals surface area contributed by atoms with E-state index >= 15 is 4.39 Å². The molecular formula is C26H20FN9O. The maximum Gasteiger partial charge on any atom is 0.226 e. The Bertz CT molecular complexity index is 1780. The quantitative estimate of drug-likeness (QED) is 0.315. The molecule has 0 atom stereocenters. The number of anilines is 1. The zero-order chi connectivity index (χ0) is 25.5. The van der Waals surface area contributed by atoms with Crippen LogP contribution in [0.2, 0.25) is 0 Å². The van der Waals surface area contributed by atoms with Gasteiger partial charge in [0.05, 0.1) is 40.2 Å². The Kier molecular flexibility index (Phi) is 5.37. The fourth-order valence-corrected chi connectivity index (χ4v) is 4.04. The van der Waals surface area contributed by atoms with Crippen molar-refractivity contribution in [2.75, 3.05) is 5.32 Å². The molecule has 3 N–H and O–H groups in total. The molecule has 0 saturated carbocycles. The standard InChI is InChI=1S/C26H20FN9O/c1-13(2)26(37)32-16-9-15(10-29-11-16)21-20(27)19-18(12-31-21)35-36-24(19)25-33-17-5-8-30-22(23(17)34-25)14-3-6-28-7-4-14/h3-13H,1-2H3,(H,32,37)(H,33,34)(H,35,36). The lowest BCUT2D eigenvalue weighted by molar-refractivity contribution is -0.118. The number of hydrogen-bond acceptors (Lipinski definition) is 7. The van der Waals surface area contributed by atoms with Gasteiger partial charge < -0.3 is 10.3 Å². The Morgan fingerprint density at radius 1 is 0.919 bits per heavy atom. The van der Waals surface area contributed by atoms with Crippen molar-refractivity contribution in [2.45, 2.75) is 13.8 Å². The summed E-state index contributed by atoms with van der Waals surface area (Å²) in [6, 6.07) is 7.14. The molecule has 0 fully saturated rings. The van der Waals surface area contributed by atoms with Crippen molar-refractivity contribution in [3.05, 3.63) is 67.3 Å². The van der Waals surface area contributed by atoms with Gasteiger partial charge in [0.15, 0.2) is 11.6 Å². The number of imidazole rings is 1. The highest BCUT2D eigenvalue weighted by atomic mass is 19.1. The second-order valence-corrected chi connectivity index (χ2v) is 8.76. The van der Waals surface area contributed by atoms with E-state index < -0.39 is 5.82 Å². The fraction of sp³-hybridized carbons (Fsp3) is 0.115. The van der Waals surface area contributed by atoms with Gasteiger partial charge in [-0.1, -0.05) is 13.8 Å². The number of pyridine rings is 4. The van der Waals surface area contributed by atoms with E-state index in [0.717, 1.165) is 11.1 Å². The van der Waals surface area contributed by atoms with Gasteiger partial charge >= 0.3 is 0 Å². The minimum Gasteiger partial charge on any atom is -0.336 e. The van der Waals surface area contributed by atoms with E-state index in [4.69, 9.17) is 4.98 Å². The van der Waals surface area contributed by atoms with Crippen LogP contribution < -0.4 is 5.32 Å². The molecule has 0 aliphatic rings. The zero-order valence-electron chi connectivity index (χ0n) is 19.8. The first-order valence-electron chi connectivity index (χ1n) is 11.5. The van der Waals surface area contributed by atoms with Gasteiger partial charge in [-0.05, 0) is 24.3 Å². The highest BCUT2D eigenvalue weighted by Crippen LogP contribution is 2.34. The minimum atomic E-state index is -0.580. The summed E-state index contributed by atoms with van der Waals surface area (Å²) >= 11 is 0. The molecule has 6 rings (SSSR count). The molecule has 0 spiro atoms. The average Bonchev–Trinajstić information content (AvgIpc) is 3.54. The fourth-order valence-electron chi connectivity index (χ4n) is 4.04. The summed E-state index contributed by atoms with van der Waals surface area (Å²) in [6.07, 6.45) is 9.57. The molecule has 10 nitrogen and oxygen atoms in total. The lowest BCUT2D eigenvalue weighted by atomic mass is 10.1. The van der Waals surface area contributed by atoms with E-state index in [-0.39, 0.29) is 22.9 Å². The predicted octanol–water partition coefficient (Wildman–Crippen LogP) is 4.75. The van der Waals surface area contributed by atoms with E-state index in [2.05, 4.69) is 40.4 Å². The second-order valence-electron chi connectivity index (χ2n) is 8.76. The molecular weight excluding hydrogens is 473 g/mol. The van der Waals surface area contributed by atoms with Crippen LogP contribution in [-0.2, 0) is 4.79 Å². The van der Waals surface area contributed by atoms with Crippen molar-refractivity contribution in [1.29, 1.82) is 0 Å². The van der Waals surface area contributed by atoms with Crippen molar-refractivity contribution in [3.8, 4) is 34.0 Å². The van der Waals surface area contributed by atoms with E-state index in [9.17, 15) is 4.79 Å². The van der Waals surface area contributed by atoms with Gasteiger partial charge in [-0.2, -0.15) is 5.10 Å². The van der Waals surface area contributed by atoms with Crippen LogP contribution in [-0.4, -0.2) is 46.0 Å². The lowest BCUT2D eigenvalue weighted by Crippen LogP contribution is -2.17. The Morgan fingerprint density at radius 2 is 1.76 bits per heavy atom. The van der Waals surface area contributed by atoms with Crippen molar-refractivity contribution in [1.82, 2.24) is 40.1 Å². The van der Waals surface area contributed by atoms with Gasteiger partial charge in [0.1, 0.15) is 16.9 Å². The van der Waals surface area contributed by atoms with Crippen molar-refractivity contribution in [3.63, 3.8) is 0 Å². The molecule has 1 amide bonds. The van der Waals surface area contributed by atoms with Crippen LogP contribution in [0.5, 0.6) is 0 Å². The number of aromatic nitrogens is 8. The number of amides is 1. The Balaban J connectivity index is 1.45. The first kappa shape index (κ1) is 22.4. The number of nitrogens with one attached hydrogen (secondary N) is 3. The molecule has 6 aromatic rings. The largest absolute Gasteiger partial charge is 0.336 e. The first-order valence-corrected chi connectivity index (χ1v) is 11.5. The van der Waals surface area contributed by atoms with Crippen LogP contribution >= 0.6 is 0 Å². The number of H-pyrrole nitrogens is 2. The molecule has 0 bridgehead atoms. The summed E-state index contributed by atoms with van der Waals surface area (Å²) in [5.74, 6) is -0.563. The van der Waals surface area contributed by atoms with Crippen LogP contribution in [0.15, 0.2) is 61.4 Å². The van der Waals surface area contributed by atoms with Gasteiger partial charge in [-0.15, -0.1) is 0 Å². The molecule has 0 aliphatic carbocycles. The molecule has 0 aliphatic heterocycles. The van der Waals surface area contributed by atoms with E-state index in [1.807, 2.05) is 12.1 Å². The van der Waals surface area contributed by atoms with Crippen LogP contribution in [0.1, 0.15) is 13.8 Å². The van der Waals surface area contributed by atoms with Gasteiger partial charge in [0.2, 0.25) is 5.91 Å². The van der Waals surface area contributed by atoms with E-state index in [1.54, 1.807) is 44.6 Å². The van der Waals surface area contributed by atoms with Crippen LogP contribution in [0.25, 0.3) is 56.0 Å². The molecule has 0 aromatic carbocycles. The number of nitrogens with zero attached hydrogens (tertiary/aromatic N) is 6. The summed E-state index contributed by atoms with van der Waals surface area (Å²) in [4.78, 5) is 37.0. The molecule has 6 aromatic heterocycles. The SMILES string of the molecule is CC(C)C(=O)Nc1cncc(-c2ncc3[nH]nc(-c4nc5c(-c6ccncc6)nccc5[nH]4)c3c2F)c1. The number of hydrogen-bond donors (Lipinski definition) is 3. The topological polar surface area (TPSA) is 138 Å². The summed E-state index contributed by atoms with van der Waals surface area (Å²) < 4.78 is 16.0. The highest BCUT2D eigenvalue weighted by molar-refractivity contribution is 5.97. The van der Waals surface area contributed by atoms with E-state index in [1.165, 1.54) is 18.6 Å².